The van der Waals surface area contributed by atoms with Crippen LogP contribution in [-0.4, -0.2) is 61.2 Å². The van der Waals surface area contributed by atoms with Crippen molar-refractivity contribution in [1.82, 2.24) is 15.5 Å². The average Bonchev–Trinajstić information content (AvgIpc) is 3.04. The molecule has 162 valence electrons. The number of alkyl carbamates (subject to hydrolysis) is 1. The molecule has 2 amide bonds. The molecule has 1 atom stereocenters. The summed E-state index contributed by atoms with van der Waals surface area (Å²) in [5, 5.41) is 8.53. The topological polar surface area (TPSA) is 95.1 Å². The van der Waals surface area contributed by atoms with Gasteiger partial charge in [0.2, 0.25) is 5.91 Å². The van der Waals surface area contributed by atoms with Crippen molar-refractivity contribution in [2.75, 3.05) is 32.0 Å². The number of rotatable bonds is 4. The molecule has 1 aromatic rings. The number of ether oxygens (including phenoxy) is 1. The minimum absolute atomic E-state index is 0. The second kappa shape index (κ2) is 11.2. The lowest BCUT2D eigenvalue weighted by molar-refractivity contribution is -0.115. The Balaban J connectivity index is 0.00000420. The second-order valence-electron chi connectivity index (χ2n) is 7.53. The van der Waals surface area contributed by atoms with Gasteiger partial charge in [0.05, 0.1) is 12.6 Å². The number of hydrogen-bond donors (Lipinski definition) is 3. The van der Waals surface area contributed by atoms with Crippen molar-refractivity contribution in [2.24, 2.45) is 4.99 Å². The molecule has 29 heavy (non-hydrogen) atoms. The van der Waals surface area contributed by atoms with Crippen LogP contribution >= 0.6 is 24.0 Å². The zero-order valence-electron chi connectivity index (χ0n) is 17.1. The molecule has 0 radical (unpaired) electrons. The molecule has 0 aromatic heterocycles. The lowest BCUT2D eigenvalue weighted by Gasteiger charge is -2.23. The summed E-state index contributed by atoms with van der Waals surface area (Å²) in [6, 6.07) is 5.50. The minimum Gasteiger partial charge on any atom is -0.444 e. The van der Waals surface area contributed by atoms with Gasteiger partial charge in [0.25, 0.3) is 0 Å². The van der Waals surface area contributed by atoms with Crippen LogP contribution in [0.2, 0.25) is 0 Å². The maximum absolute atomic E-state index is 12.9. The van der Waals surface area contributed by atoms with Crippen LogP contribution in [0.4, 0.5) is 14.9 Å². The van der Waals surface area contributed by atoms with Crippen molar-refractivity contribution in [3.8, 4) is 0 Å². The van der Waals surface area contributed by atoms with E-state index >= 15 is 0 Å². The Bertz CT molecular complexity index is 722. The van der Waals surface area contributed by atoms with Crippen molar-refractivity contribution in [3.63, 3.8) is 0 Å². The van der Waals surface area contributed by atoms with Crippen LogP contribution < -0.4 is 16.0 Å². The molecule has 10 heteroatoms. The van der Waals surface area contributed by atoms with Crippen molar-refractivity contribution in [1.29, 1.82) is 0 Å². The number of benzene rings is 1. The molecule has 1 heterocycles. The third-order valence-corrected chi connectivity index (χ3v) is 3.96. The number of hydrogen-bond acceptors (Lipinski definition) is 4. The van der Waals surface area contributed by atoms with Crippen LogP contribution in [0.25, 0.3) is 0 Å². The lowest BCUT2D eigenvalue weighted by Crippen LogP contribution is -2.45. The number of likely N-dealkylation sites (tertiary alicyclic amines) is 1. The highest BCUT2D eigenvalue weighted by molar-refractivity contribution is 14.0. The molecule has 1 saturated heterocycles. The summed E-state index contributed by atoms with van der Waals surface area (Å²) in [4.78, 5) is 30.1. The van der Waals surface area contributed by atoms with Gasteiger partial charge >= 0.3 is 6.09 Å². The van der Waals surface area contributed by atoms with E-state index in [9.17, 15) is 14.0 Å². The van der Waals surface area contributed by atoms with Gasteiger partial charge in [-0.15, -0.1) is 24.0 Å². The van der Waals surface area contributed by atoms with Crippen LogP contribution in [0.1, 0.15) is 27.2 Å². The summed E-state index contributed by atoms with van der Waals surface area (Å²) < 4.78 is 18.2. The van der Waals surface area contributed by atoms with Gasteiger partial charge in [-0.05, 0) is 51.5 Å². The largest absolute Gasteiger partial charge is 0.444 e. The lowest BCUT2D eigenvalue weighted by atomic mass is 10.2. The minimum atomic E-state index is -0.544. The third kappa shape index (κ3) is 8.84. The standard InChI is InChI=1S/C19H28FN5O3.HI/c1-19(2,3)28-18(27)24-15-9-10-25(12-15)17(21-4)22-11-16(26)23-14-7-5-13(20)6-8-14;/h5-8,15H,9-12H2,1-4H3,(H,21,22)(H,23,26)(H,24,27);1H. The van der Waals surface area contributed by atoms with Crippen molar-refractivity contribution in [2.45, 2.75) is 38.8 Å². The monoisotopic (exact) mass is 521 g/mol. The van der Waals surface area contributed by atoms with E-state index in [1.807, 2.05) is 25.7 Å². The fraction of sp³-hybridized carbons (Fsp3) is 0.526. The maximum Gasteiger partial charge on any atom is 0.407 e. The number of nitrogens with zero attached hydrogens (tertiary/aromatic N) is 2. The summed E-state index contributed by atoms with van der Waals surface area (Å²) in [5.74, 6) is -0.0572. The molecule has 2 rings (SSSR count). The molecule has 1 aliphatic rings. The molecule has 0 bridgehead atoms. The summed E-state index contributed by atoms with van der Waals surface area (Å²) in [6.07, 6.45) is 0.308. The number of halogens is 2. The zero-order chi connectivity index (χ0) is 20.7. The van der Waals surface area contributed by atoms with Gasteiger partial charge < -0.3 is 25.6 Å². The number of amides is 2. The van der Waals surface area contributed by atoms with E-state index in [2.05, 4.69) is 20.9 Å². The first-order valence-electron chi connectivity index (χ1n) is 9.17. The molecular formula is C19H29FIN5O3. The van der Waals surface area contributed by atoms with Crippen LogP contribution in [0.5, 0.6) is 0 Å². The van der Waals surface area contributed by atoms with E-state index in [1.54, 1.807) is 7.05 Å². The van der Waals surface area contributed by atoms with Crippen molar-refractivity contribution in [3.05, 3.63) is 30.1 Å². The van der Waals surface area contributed by atoms with Crippen LogP contribution in [-0.2, 0) is 9.53 Å². The third-order valence-electron chi connectivity index (χ3n) is 3.96. The number of carbonyl (C=O) groups excluding carboxylic acids is 2. The van der Waals surface area contributed by atoms with E-state index in [4.69, 9.17) is 4.74 Å². The molecule has 3 N–H and O–H groups in total. The highest BCUT2D eigenvalue weighted by Gasteiger charge is 2.28. The Hall–Kier alpha value is -2.11. The van der Waals surface area contributed by atoms with E-state index in [1.165, 1.54) is 24.3 Å². The van der Waals surface area contributed by atoms with E-state index in [0.29, 0.717) is 24.7 Å². The van der Waals surface area contributed by atoms with Gasteiger partial charge in [-0.2, -0.15) is 0 Å². The smallest absolute Gasteiger partial charge is 0.407 e. The van der Waals surface area contributed by atoms with Crippen LogP contribution in [0.15, 0.2) is 29.3 Å². The Morgan fingerprint density at radius 1 is 1.28 bits per heavy atom. The summed E-state index contributed by atoms with van der Waals surface area (Å²) in [6.45, 7) is 6.73. The molecule has 1 unspecified atom stereocenters. The van der Waals surface area contributed by atoms with Gasteiger partial charge in [-0.1, -0.05) is 0 Å². The van der Waals surface area contributed by atoms with Gasteiger partial charge in [0.15, 0.2) is 5.96 Å². The zero-order valence-corrected chi connectivity index (χ0v) is 19.5. The van der Waals surface area contributed by atoms with Crippen LogP contribution in [0, 0.1) is 5.82 Å². The second-order valence-corrected chi connectivity index (χ2v) is 7.53. The number of nitrogens with one attached hydrogen (secondary N) is 3. The molecular weight excluding hydrogens is 492 g/mol. The van der Waals surface area contributed by atoms with Crippen molar-refractivity contribution >= 4 is 47.6 Å². The number of carbonyl (C=O) groups is 2. The summed E-state index contributed by atoms with van der Waals surface area (Å²) >= 11 is 0. The van der Waals surface area contributed by atoms with E-state index in [-0.39, 0.29) is 48.3 Å². The maximum atomic E-state index is 12.9. The first-order valence-corrected chi connectivity index (χ1v) is 9.17. The predicted octanol–water partition coefficient (Wildman–Crippen LogP) is 2.56. The van der Waals surface area contributed by atoms with E-state index in [0.717, 1.165) is 6.42 Å². The van der Waals surface area contributed by atoms with Gasteiger partial charge in [-0.25, -0.2) is 9.18 Å². The Morgan fingerprint density at radius 3 is 2.52 bits per heavy atom. The number of guanidine groups is 1. The van der Waals surface area contributed by atoms with Gasteiger partial charge in [-0.3, -0.25) is 9.79 Å². The molecule has 0 spiro atoms. The Labute approximate surface area is 187 Å². The molecule has 1 aliphatic heterocycles. The summed E-state index contributed by atoms with van der Waals surface area (Å²) in [5.41, 5.74) is -0.0244. The fourth-order valence-corrected chi connectivity index (χ4v) is 2.77. The van der Waals surface area contributed by atoms with Gasteiger partial charge in [0, 0.05) is 25.8 Å². The summed E-state index contributed by atoms with van der Waals surface area (Å²) in [7, 11) is 1.63. The molecule has 8 nitrogen and oxygen atoms in total. The molecule has 1 fully saturated rings. The first kappa shape index (κ1) is 24.9. The molecule has 0 saturated carbocycles. The number of aliphatic imine (C=N–C) groups is 1. The van der Waals surface area contributed by atoms with E-state index < -0.39 is 11.7 Å². The highest BCUT2D eigenvalue weighted by Crippen LogP contribution is 2.12. The predicted molar refractivity (Wildman–Crippen MR) is 121 cm³/mol. The number of anilines is 1. The highest BCUT2D eigenvalue weighted by atomic mass is 127. The van der Waals surface area contributed by atoms with Gasteiger partial charge in [0.1, 0.15) is 11.4 Å². The van der Waals surface area contributed by atoms with Crippen LogP contribution in [0.3, 0.4) is 0 Å². The van der Waals surface area contributed by atoms with Crippen molar-refractivity contribution < 1.29 is 18.7 Å². The SMILES string of the molecule is CN=C(NCC(=O)Nc1ccc(F)cc1)N1CCC(NC(=O)OC(C)(C)C)C1.I. The quantitative estimate of drug-likeness (QED) is 0.322. The fourth-order valence-electron chi connectivity index (χ4n) is 2.77. The normalized spacial score (nSPS) is 16.7. The first-order chi connectivity index (χ1) is 13.2. The Kier molecular flexibility index (Phi) is 9.60. The average molecular weight is 521 g/mol. The molecule has 1 aromatic carbocycles. The molecule has 0 aliphatic carbocycles. The Morgan fingerprint density at radius 2 is 1.93 bits per heavy atom.